The molecule has 0 amide bonds. The molecule has 1 aromatic carbocycles. The molecule has 0 saturated heterocycles. The number of carboxylic acid groups (broad SMARTS) is 1. The molecule has 1 aromatic rings. The van der Waals surface area contributed by atoms with Gasteiger partial charge in [-0.15, -0.1) is 0 Å². The van der Waals surface area contributed by atoms with Gasteiger partial charge in [0.15, 0.2) is 0 Å². The number of carbonyl (C=O) groups is 1. The fraction of sp³-hybridized carbons (Fsp3) is 0.462. The molecule has 2 rings (SSSR count). The van der Waals surface area contributed by atoms with Crippen LogP contribution in [0, 0.1) is 12.8 Å². The molecule has 3 heteroatoms. The van der Waals surface area contributed by atoms with Crippen LogP contribution in [0.2, 0.25) is 0 Å². The van der Waals surface area contributed by atoms with Crippen LogP contribution >= 0.6 is 0 Å². The maximum absolute atomic E-state index is 10.9. The van der Waals surface area contributed by atoms with Crippen molar-refractivity contribution in [1.82, 2.24) is 0 Å². The van der Waals surface area contributed by atoms with Gasteiger partial charge in [0, 0.05) is 5.41 Å². The minimum Gasteiger partial charge on any atom is -0.496 e. The lowest BCUT2D eigenvalue weighted by atomic mass is 9.94. The zero-order chi connectivity index (χ0) is 11.9. The van der Waals surface area contributed by atoms with Gasteiger partial charge < -0.3 is 9.84 Å². The Morgan fingerprint density at radius 3 is 2.69 bits per heavy atom. The van der Waals surface area contributed by atoms with Gasteiger partial charge in [0.2, 0.25) is 0 Å². The van der Waals surface area contributed by atoms with E-state index in [9.17, 15) is 4.79 Å². The van der Waals surface area contributed by atoms with Crippen LogP contribution in [0.5, 0.6) is 5.75 Å². The van der Waals surface area contributed by atoms with Crippen molar-refractivity contribution in [2.75, 3.05) is 7.11 Å². The molecule has 1 aliphatic rings. The molecule has 86 valence electrons. The summed E-state index contributed by atoms with van der Waals surface area (Å²) in [5.41, 5.74) is 1.96. The van der Waals surface area contributed by atoms with Gasteiger partial charge >= 0.3 is 5.97 Å². The van der Waals surface area contributed by atoms with Crippen molar-refractivity contribution in [2.24, 2.45) is 5.92 Å². The second-order valence-corrected chi connectivity index (χ2v) is 4.70. The van der Waals surface area contributed by atoms with Gasteiger partial charge in [0.25, 0.3) is 0 Å². The lowest BCUT2D eigenvalue weighted by molar-refractivity contribution is -0.138. The zero-order valence-corrected chi connectivity index (χ0v) is 9.78. The van der Waals surface area contributed by atoms with E-state index in [0.29, 0.717) is 0 Å². The predicted molar refractivity (Wildman–Crippen MR) is 60.8 cm³/mol. The molecule has 0 aliphatic heterocycles. The Morgan fingerprint density at radius 2 is 2.25 bits per heavy atom. The van der Waals surface area contributed by atoms with Crippen molar-refractivity contribution < 1.29 is 14.6 Å². The molecule has 1 N–H and O–H groups in total. The molecule has 0 radical (unpaired) electrons. The van der Waals surface area contributed by atoms with E-state index in [0.717, 1.165) is 23.3 Å². The number of aliphatic carboxylic acids is 1. The maximum atomic E-state index is 10.9. The molecule has 0 bridgehead atoms. The number of hydrogen-bond acceptors (Lipinski definition) is 2. The normalized spacial score (nSPS) is 27.6. The summed E-state index contributed by atoms with van der Waals surface area (Å²) in [5.74, 6) is -0.0869. The molecule has 2 atom stereocenters. The number of aryl methyl sites for hydroxylation is 1. The Bertz CT molecular complexity index is 439. The van der Waals surface area contributed by atoms with E-state index in [1.54, 1.807) is 7.11 Å². The average molecular weight is 220 g/mol. The molecule has 3 nitrogen and oxygen atoms in total. The largest absolute Gasteiger partial charge is 0.496 e. The topological polar surface area (TPSA) is 46.5 Å². The summed E-state index contributed by atoms with van der Waals surface area (Å²) in [4.78, 5) is 10.9. The zero-order valence-electron chi connectivity index (χ0n) is 9.78. The number of benzene rings is 1. The van der Waals surface area contributed by atoms with Crippen molar-refractivity contribution in [3.63, 3.8) is 0 Å². The average Bonchev–Trinajstić information content (AvgIpc) is 2.92. The van der Waals surface area contributed by atoms with Crippen LogP contribution in [0.4, 0.5) is 0 Å². The summed E-state index contributed by atoms with van der Waals surface area (Å²) in [6.07, 6.45) is 0.730. The fourth-order valence-corrected chi connectivity index (χ4v) is 2.28. The van der Waals surface area contributed by atoms with Crippen LogP contribution in [0.1, 0.15) is 24.5 Å². The fourth-order valence-electron chi connectivity index (χ4n) is 2.28. The van der Waals surface area contributed by atoms with Crippen molar-refractivity contribution in [1.29, 1.82) is 0 Å². The van der Waals surface area contributed by atoms with Crippen molar-refractivity contribution in [2.45, 2.75) is 25.7 Å². The molecule has 2 unspecified atom stereocenters. The van der Waals surface area contributed by atoms with E-state index in [-0.39, 0.29) is 11.3 Å². The van der Waals surface area contributed by atoms with E-state index >= 15 is 0 Å². The SMILES string of the molecule is COc1ccc(C2(C)CC2C(=O)O)cc1C. The van der Waals surface area contributed by atoms with Gasteiger partial charge in [0.05, 0.1) is 13.0 Å². The maximum Gasteiger partial charge on any atom is 0.307 e. The molecule has 16 heavy (non-hydrogen) atoms. The Labute approximate surface area is 95.0 Å². The first-order valence-corrected chi connectivity index (χ1v) is 5.37. The highest BCUT2D eigenvalue weighted by Gasteiger charge is 2.55. The summed E-state index contributed by atoms with van der Waals surface area (Å²) >= 11 is 0. The first-order chi connectivity index (χ1) is 7.49. The highest BCUT2D eigenvalue weighted by atomic mass is 16.5. The Kier molecular flexibility index (Phi) is 2.41. The third-order valence-corrected chi connectivity index (χ3v) is 3.59. The second-order valence-electron chi connectivity index (χ2n) is 4.70. The first kappa shape index (κ1) is 11.0. The van der Waals surface area contributed by atoms with Crippen LogP contribution in [0.15, 0.2) is 18.2 Å². The van der Waals surface area contributed by atoms with Crippen molar-refractivity contribution in [3.8, 4) is 5.75 Å². The molecule has 1 aliphatic carbocycles. The molecule has 0 heterocycles. The quantitative estimate of drug-likeness (QED) is 0.850. The van der Waals surface area contributed by atoms with Crippen molar-refractivity contribution >= 4 is 5.97 Å². The molecule has 1 fully saturated rings. The third-order valence-electron chi connectivity index (χ3n) is 3.59. The van der Waals surface area contributed by atoms with Gasteiger partial charge in [-0.25, -0.2) is 0 Å². The van der Waals surface area contributed by atoms with Gasteiger partial charge in [-0.1, -0.05) is 19.1 Å². The molecule has 1 saturated carbocycles. The smallest absolute Gasteiger partial charge is 0.307 e. The van der Waals surface area contributed by atoms with E-state index in [1.165, 1.54) is 0 Å². The monoisotopic (exact) mass is 220 g/mol. The number of hydrogen-bond donors (Lipinski definition) is 1. The molecular weight excluding hydrogens is 204 g/mol. The minimum atomic E-state index is -0.698. The first-order valence-electron chi connectivity index (χ1n) is 5.37. The Balaban J connectivity index is 2.30. The second kappa shape index (κ2) is 3.51. The van der Waals surface area contributed by atoms with Gasteiger partial charge in [-0.05, 0) is 30.5 Å². The lowest BCUT2D eigenvalue weighted by Gasteiger charge is -2.13. The van der Waals surface area contributed by atoms with Crippen LogP contribution in [0.3, 0.4) is 0 Å². The lowest BCUT2D eigenvalue weighted by Crippen LogP contribution is -2.11. The van der Waals surface area contributed by atoms with Crippen LogP contribution in [-0.4, -0.2) is 18.2 Å². The molecule has 0 aromatic heterocycles. The number of carboxylic acids is 1. The number of methoxy groups -OCH3 is 1. The molecule has 0 spiro atoms. The Morgan fingerprint density at radius 1 is 1.56 bits per heavy atom. The predicted octanol–water partition coefficient (Wildman–Crippen LogP) is 2.37. The number of ether oxygens (including phenoxy) is 1. The standard InChI is InChI=1S/C13H16O3/c1-8-6-9(4-5-11(8)16-3)13(2)7-10(13)12(14)15/h4-6,10H,7H2,1-3H3,(H,14,15). The minimum absolute atomic E-state index is 0.192. The third kappa shape index (κ3) is 1.56. The molecular formula is C13H16O3. The highest BCUT2D eigenvalue weighted by molar-refractivity contribution is 5.77. The summed E-state index contributed by atoms with van der Waals surface area (Å²) < 4.78 is 5.19. The summed E-state index contributed by atoms with van der Waals surface area (Å²) in [5, 5.41) is 9.00. The van der Waals surface area contributed by atoms with Gasteiger partial charge in [0.1, 0.15) is 5.75 Å². The summed E-state index contributed by atoms with van der Waals surface area (Å²) in [6.45, 7) is 3.98. The van der Waals surface area contributed by atoms with E-state index < -0.39 is 5.97 Å². The van der Waals surface area contributed by atoms with Crippen LogP contribution < -0.4 is 4.74 Å². The summed E-state index contributed by atoms with van der Waals surface area (Å²) in [6, 6.07) is 5.91. The van der Waals surface area contributed by atoms with E-state index in [1.807, 2.05) is 32.0 Å². The Hall–Kier alpha value is -1.51. The van der Waals surface area contributed by atoms with Gasteiger partial charge in [-0.3, -0.25) is 4.79 Å². The summed E-state index contributed by atoms with van der Waals surface area (Å²) in [7, 11) is 1.64. The van der Waals surface area contributed by atoms with Crippen LogP contribution in [0.25, 0.3) is 0 Å². The van der Waals surface area contributed by atoms with Gasteiger partial charge in [-0.2, -0.15) is 0 Å². The number of rotatable bonds is 3. The van der Waals surface area contributed by atoms with Crippen molar-refractivity contribution in [3.05, 3.63) is 29.3 Å². The van der Waals surface area contributed by atoms with E-state index in [2.05, 4.69) is 0 Å². The van der Waals surface area contributed by atoms with E-state index in [4.69, 9.17) is 9.84 Å². The highest BCUT2D eigenvalue weighted by Crippen LogP contribution is 2.54. The van der Waals surface area contributed by atoms with Crippen LogP contribution in [-0.2, 0) is 10.2 Å².